The molecule has 0 radical (unpaired) electrons. The van der Waals surface area contributed by atoms with Gasteiger partial charge in [0.25, 0.3) is 0 Å². The van der Waals surface area contributed by atoms with Crippen LogP contribution in [0.1, 0.15) is 46.5 Å². The van der Waals surface area contributed by atoms with Crippen LogP contribution in [-0.4, -0.2) is 16.2 Å². The second kappa shape index (κ2) is 7.57. The lowest BCUT2D eigenvalue weighted by molar-refractivity contribution is 0.0695. The molecule has 2 aromatic carbocycles. The fourth-order valence-corrected chi connectivity index (χ4v) is 2.47. The van der Waals surface area contributed by atoms with Crippen molar-refractivity contribution < 1.29 is 15.0 Å². The molecule has 0 aromatic heterocycles. The average molecular weight is 296 g/mol. The van der Waals surface area contributed by atoms with Crippen molar-refractivity contribution in [3.8, 4) is 0 Å². The molecule has 1 atom stereocenters. The third kappa shape index (κ3) is 4.06. The van der Waals surface area contributed by atoms with Crippen LogP contribution in [0.15, 0.2) is 54.6 Å². The van der Waals surface area contributed by atoms with Crippen molar-refractivity contribution in [1.29, 1.82) is 0 Å². The Labute approximate surface area is 130 Å². The van der Waals surface area contributed by atoms with Crippen molar-refractivity contribution in [2.75, 3.05) is 0 Å². The molecule has 2 aromatic rings. The number of carboxylic acid groups (broad SMARTS) is 1. The SMILES string of the molecule is C/C=C/c1cccc(C(O)CCc2ccccc2C(=O)O)c1. The van der Waals surface area contributed by atoms with Crippen LogP contribution >= 0.6 is 0 Å². The predicted octanol–water partition coefficient (Wildman–Crippen LogP) is 4.08. The molecule has 3 nitrogen and oxygen atoms in total. The van der Waals surface area contributed by atoms with Crippen LogP contribution in [0, 0.1) is 0 Å². The van der Waals surface area contributed by atoms with Crippen molar-refractivity contribution in [3.05, 3.63) is 76.9 Å². The second-order valence-corrected chi connectivity index (χ2v) is 5.19. The Morgan fingerprint density at radius 2 is 1.95 bits per heavy atom. The molecule has 0 aliphatic heterocycles. The molecule has 2 N–H and O–H groups in total. The number of allylic oxidation sites excluding steroid dienone is 1. The minimum absolute atomic E-state index is 0.303. The third-order valence-electron chi connectivity index (χ3n) is 3.59. The van der Waals surface area contributed by atoms with Crippen molar-refractivity contribution in [3.63, 3.8) is 0 Å². The molecule has 0 fully saturated rings. The van der Waals surface area contributed by atoms with Crippen LogP contribution in [0.5, 0.6) is 0 Å². The Hall–Kier alpha value is -2.39. The van der Waals surface area contributed by atoms with Gasteiger partial charge in [-0.3, -0.25) is 0 Å². The first-order valence-electron chi connectivity index (χ1n) is 7.33. The van der Waals surface area contributed by atoms with Crippen molar-refractivity contribution >= 4 is 12.0 Å². The normalized spacial score (nSPS) is 12.5. The summed E-state index contributed by atoms with van der Waals surface area (Å²) >= 11 is 0. The minimum atomic E-state index is -0.930. The van der Waals surface area contributed by atoms with E-state index in [9.17, 15) is 15.0 Å². The largest absolute Gasteiger partial charge is 0.478 e. The smallest absolute Gasteiger partial charge is 0.335 e. The molecule has 22 heavy (non-hydrogen) atoms. The maximum Gasteiger partial charge on any atom is 0.335 e. The number of hydrogen-bond donors (Lipinski definition) is 2. The van der Waals surface area contributed by atoms with Crippen LogP contribution in [-0.2, 0) is 6.42 Å². The zero-order valence-electron chi connectivity index (χ0n) is 12.6. The van der Waals surface area contributed by atoms with Gasteiger partial charge < -0.3 is 10.2 Å². The lowest BCUT2D eigenvalue weighted by atomic mass is 9.97. The molecular weight excluding hydrogens is 276 g/mol. The van der Waals surface area contributed by atoms with Crippen LogP contribution in [0.2, 0.25) is 0 Å². The van der Waals surface area contributed by atoms with Crippen molar-refractivity contribution in [2.24, 2.45) is 0 Å². The number of benzene rings is 2. The number of aliphatic hydroxyl groups excluding tert-OH is 1. The number of aliphatic hydroxyl groups is 1. The lowest BCUT2D eigenvalue weighted by Gasteiger charge is -2.13. The van der Waals surface area contributed by atoms with E-state index in [1.807, 2.05) is 49.4 Å². The van der Waals surface area contributed by atoms with Crippen LogP contribution in [0.25, 0.3) is 6.08 Å². The summed E-state index contributed by atoms with van der Waals surface area (Å²) in [5.74, 6) is -0.930. The monoisotopic (exact) mass is 296 g/mol. The van der Waals surface area contributed by atoms with Crippen LogP contribution in [0.4, 0.5) is 0 Å². The molecule has 2 rings (SSSR count). The molecular formula is C19H20O3. The maximum absolute atomic E-state index is 11.2. The predicted molar refractivity (Wildman–Crippen MR) is 87.8 cm³/mol. The Balaban J connectivity index is 2.08. The van der Waals surface area contributed by atoms with Crippen molar-refractivity contribution in [1.82, 2.24) is 0 Å². The first kappa shape index (κ1) is 16.0. The molecule has 0 saturated carbocycles. The second-order valence-electron chi connectivity index (χ2n) is 5.19. The summed E-state index contributed by atoms with van der Waals surface area (Å²) in [6.45, 7) is 1.95. The Morgan fingerprint density at radius 1 is 1.18 bits per heavy atom. The maximum atomic E-state index is 11.2. The fourth-order valence-electron chi connectivity index (χ4n) is 2.47. The number of aryl methyl sites for hydroxylation is 1. The molecule has 0 aliphatic rings. The zero-order valence-corrected chi connectivity index (χ0v) is 12.6. The van der Waals surface area contributed by atoms with Gasteiger partial charge in [0.15, 0.2) is 0 Å². The van der Waals surface area contributed by atoms with Gasteiger partial charge >= 0.3 is 5.97 Å². The molecule has 0 bridgehead atoms. The number of hydrogen-bond acceptors (Lipinski definition) is 2. The Kier molecular flexibility index (Phi) is 5.50. The first-order chi connectivity index (χ1) is 10.6. The number of rotatable bonds is 6. The molecule has 1 unspecified atom stereocenters. The molecule has 0 aliphatic carbocycles. The average Bonchev–Trinajstić information content (AvgIpc) is 2.53. The molecule has 0 spiro atoms. The van der Waals surface area contributed by atoms with E-state index in [4.69, 9.17) is 0 Å². The Bertz CT molecular complexity index is 674. The van der Waals surface area contributed by atoms with E-state index in [-0.39, 0.29) is 0 Å². The van der Waals surface area contributed by atoms with Gasteiger partial charge in [0.1, 0.15) is 0 Å². The molecule has 114 valence electrons. The third-order valence-corrected chi connectivity index (χ3v) is 3.59. The highest BCUT2D eigenvalue weighted by molar-refractivity contribution is 5.89. The molecule has 0 heterocycles. The highest BCUT2D eigenvalue weighted by Crippen LogP contribution is 2.22. The van der Waals surface area contributed by atoms with Gasteiger partial charge in [0.05, 0.1) is 11.7 Å². The van der Waals surface area contributed by atoms with E-state index in [1.165, 1.54) is 0 Å². The van der Waals surface area contributed by atoms with Crippen LogP contribution in [0.3, 0.4) is 0 Å². The Morgan fingerprint density at radius 3 is 2.68 bits per heavy atom. The van der Waals surface area contributed by atoms with E-state index in [2.05, 4.69) is 0 Å². The minimum Gasteiger partial charge on any atom is -0.478 e. The summed E-state index contributed by atoms with van der Waals surface area (Å²) in [6.07, 6.45) is 4.35. The number of carboxylic acids is 1. The summed E-state index contributed by atoms with van der Waals surface area (Å²) in [4.78, 5) is 11.2. The van der Waals surface area contributed by atoms with Gasteiger partial charge in [-0.15, -0.1) is 0 Å². The van der Waals surface area contributed by atoms with Gasteiger partial charge in [-0.1, -0.05) is 48.6 Å². The van der Waals surface area contributed by atoms with E-state index >= 15 is 0 Å². The number of aromatic carboxylic acids is 1. The summed E-state index contributed by atoms with van der Waals surface area (Å²) in [5.41, 5.74) is 2.95. The standard InChI is InChI=1S/C19H20O3/c1-2-6-14-7-5-9-16(13-14)18(20)12-11-15-8-3-4-10-17(15)19(21)22/h2-10,13,18,20H,11-12H2,1H3,(H,21,22)/b6-2+. The summed E-state index contributed by atoms with van der Waals surface area (Å²) < 4.78 is 0. The van der Waals surface area contributed by atoms with E-state index in [1.54, 1.807) is 18.2 Å². The number of carbonyl (C=O) groups is 1. The lowest BCUT2D eigenvalue weighted by Crippen LogP contribution is -2.05. The topological polar surface area (TPSA) is 57.5 Å². The van der Waals surface area contributed by atoms with E-state index in [0.717, 1.165) is 16.7 Å². The zero-order chi connectivity index (χ0) is 15.9. The fraction of sp³-hybridized carbons (Fsp3) is 0.211. The van der Waals surface area contributed by atoms with E-state index in [0.29, 0.717) is 18.4 Å². The highest BCUT2D eigenvalue weighted by atomic mass is 16.4. The van der Waals surface area contributed by atoms with Crippen molar-refractivity contribution in [2.45, 2.75) is 25.9 Å². The molecule has 0 saturated heterocycles. The molecule has 0 amide bonds. The van der Waals surface area contributed by atoms with Gasteiger partial charge in [0, 0.05) is 0 Å². The first-order valence-corrected chi connectivity index (χ1v) is 7.33. The summed E-state index contributed by atoms with van der Waals surface area (Å²) in [6, 6.07) is 14.7. The highest BCUT2D eigenvalue weighted by Gasteiger charge is 2.12. The quantitative estimate of drug-likeness (QED) is 0.844. The van der Waals surface area contributed by atoms with Crippen LogP contribution < -0.4 is 0 Å². The van der Waals surface area contributed by atoms with Gasteiger partial charge in [-0.05, 0) is 48.6 Å². The van der Waals surface area contributed by atoms with E-state index < -0.39 is 12.1 Å². The van der Waals surface area contributed by atoms with Gasteiger partial charge in [0.2, 0.25) is 0 Å². The molecule has 3 heteroatoms. The summed E-state index contributed by atoms with van der Waals surface area (Å²) in [7, 11) is 0. The van der Waals surface area contributed by atoms with Gasteiger partial charge in [-0.2, -0.15) is 0 Å². The van der Waals surface area contributed by atoms with Gasteiger partial charge in [-0.25, -0.2) is 4.79 Å². The summed E-state index contributed by atoms with van der Waals surface area (Å²) in [5, 5.41) is 19.5.